The molecule has 1 aromatic rings. The fraction of sp³-hybridized carbons (Fsp3) is 0.364. The van der Waals surface area contributed by atoms with Gasteiger partial charge in [0.2, 0.25) is 0 Å². The average Bonchev–Trinajstić information content (AvgIpc) is 2.70. The number of anilines is 1. The van der Waals surface area contributed by atoms with Crippen molar-refractivity contribution in [2.24, 2.45) is 0 Å². The number of nitrogens with zero attached hydrogens (tertiary/aromatic N) is 1. The molecule has 0 aliphatic carbocycles. The molecule has 96 valence electrons. The topological polar surface area (TPSA) is 37.4 Å². The van der Waals surface area contributed by atoms with E-state index in [9.17, 15) is 8.42 Å². The van der Waals surface area contributed by atoms with Gasteiger partial charge >= 0.3 is 0 Å². The first-order valence-corrected chi connectivity index (χ1v) is 8.91. The van der Waals surface area contributed by atoms with Gasteiger partial charge in [0, 0.05) is 16.0 Å². The summed E-state index contributed by atoms with van der Waals surface area (Å²) >= 11 is 12.7. The third-order valence-corrected chi connectivity index (χ3v) is 7.00. The molecule has 0 spiro atoms. The smallest absolute Gasteiger partial charge is 0.153 e. The second-order valence-corrected chi connectivity index (χ2v) is 8.88. The monoisotopic (exact) mass is 319 g/mol. The molecule has 2 fully saturated rings. The lowest BCUT2D eigenvalue weighted by atomic mass is 10.2. The highest BCUT2D eigenvalue weighted by atomic mass is 35.5. The van der Waals surface area contributed by atoms with Gasteiger partial charge in [0.15, 0.2) is 9.84 Å². The molecule has 3 rings (SSSR count). The fourth-order valence-corrected chi connectivity index (χ4v) is 6.87. The van der Waals surface area contributed by atoms with Crippen LogP contribution in [0.1, 0.15) is 0 Å². The molecule has 0 unspecified atom stereocenters. The lowest BCUT2D eigenvalue weighted by Crippen LogP contribution is -2.36. The Balaban J connectivity index is 1.96. The van der Waals surface area contributed by atoms with Crippen LogP contribution in [0.5, 0.6) is 0 Å². The van der Waals surface area contributed by atoms with Gasteiger partial charge in [-0.15, -0.1) is 0 Å². The van der Waals surface area contributed by atoms with E-state index < -0.39 is 9.84 Å². The number of halogens is 1. The van der Waals surface area contributed by atoms with Crippen LogP contribution in [0.15, 0.2) is 24.3 Å². The summed E-state index contributed by atoms with van der Waals surface area (Å²) in [5.74, 6) is 0.417. The summed E-state index contributed by atoms with van der Waals surface area (Å²) in [5.41, 5.74) is 0.918. The molecule has 2 saturated heterocycles. The van der Waals surface area contributed by atoms with E-state index in [4.69, 9.17) is 23.8 Å². The Morgan fingerprint density at radius 3 is 2.61 bits per heavy atom. The second kappa shape index (κ2) is 4.37. The van der Waals surface area contributed by atoms with E-state index in [0.717, 1.165) is 10.0 Å². The lowest BCUT2D eigenvalue weighted by Gasteiger charge is -2.23. The van der Waals surface area contributed by atoms with Crippen molar-refractivity contribution >= 4 is 55.4 Å². The Labute approximate surface area is 120 Å². The molecule has 0 amide bonds. The summed E-state index contributed by atoms with van der Waals surface area (Å²) in [5, 5.41) is 0.727. The first-order chi connectivity index (χ1) is 8.46. The van der Waals surface area contributed by atoms with Crippen LogP contribution < -0.4 is 4.90 Å². The zero-order valence-corrected chi connectivity index (χ0v) is 12.5. The van der Waals surface area contributed by atoms with Crippen LogP contribution in [0.2, 0.25) is 5.02 Å². The third kappa shape index (κ3) is 2.15. The van der Waals surface area contributed by atoms with E-state index in [-0.39, 0.29) is 22.8 Å². The molecular weight excluding hydrogens is 310 g/mol. The predicted molar refractivity (Wildman–Crippen MR) is 80.3 cm³/mol. The van der Waals surface area contributed by atoms with Crippen molar-refractivity contribution in [2.75, 3.05) is 16.4 Å². The summed E-state index contributed by atoms with van der Waals surface area (Å²) in [6.45, 7) is 0. The first-order valence-electron chi connectivity index (χ1n) is 5.42. The number of fused-ring (bicyclic) bond motifs is 1. The highest BCUT2D eigenvalue weighted by Gasteiger charge is 2.48. The Hall–Kier alpha value is -0.300. The molecule has 0 saturated carbocycles. The van der Waals surface area contributed by atoms with Crippen LogP contribution >= 0.6 is 35.6 Å². The van der Waals surface area contributed by atoms with E-state index in [0.29, 0.717) is 5.02 Å². The Bertz CT molecular complexity index is 599. The quantitative estimate of drug-likeness (QED) is 0.743. The van der Waals surface area contributed by atoms with Gasteiger partial charge in [0.1, 0.15) is 4.32 Å². The van der Waals surface area contributed by atoms with E-state index >= 15 is 0 Å². The maximum absolute atomic E-state index is 11.7. The van der Waals surface area contributed by atoms with Crippen LogP contribution in [0, 0.1) is 0 Å². The van der Waals surface area contributed by atoms with E-state index in [1.165, 1.54) is 11.8 Å². The minimum absolute atomic E-state index is 0.0336. The van der Waals surface area contributed by atoms with Crippen molar-refractivity contribution in [3.8, 4) is 0 Å². The molecule has 0 N–H and O–H groups in total. The minimum Gasteiger partial charge on any atom is -0.322 e. The number of thioether (sulfide) groups is 1. The summed E-state index contributed by atoms with van der Waals surface area (Å²) in [7, 11) is -2.93. The highest BCUT2D eigenvalue weighted by Crippen LogP contribution is 2.40. The number of hydrogen-bond donors (Lipinski definition) is 0. The zero-order valence-electron chi connectivity index (χ0n) is 9.24. The first kappa shape index (κ1) is 12.7. The van der Waals surface area contributed by atoms with Crippen LogP contribution in [0.3, 0.4) is 0 Å². The van der Waals surface area contributed by atoms with Crippen molar-refractivity contribution < 1.29 is 8.42 Å². The summed E-state index contributed by atoms with van der Waals surface area (Å²) in [6, 6.07) is 7.31. The van der Waals surface area contributed by atoms with Gasteiger partial charge in [-0.25, -0.2) is 8.42 Å². The summed E-state index contributed by atoms with van der Waals surface area (Å²) in [4.78, 5) is 1.95. The van der Waals surface area contributed by atoms with E-state index in [1.807, 2.05) is 17.0 Å². The van der Waals surface area contributed by atoms with Crippen LogP contribution in [-0.2, 0) is 9.84 Å². The molecule has 2 atom stereocenters. The van der Waals surface area contributed by atoms with E-state index in [2.05, 4.69) is 0 Å². The number of hydrogen-bond acceptors (Lipinski definition) is 4. The maximum Gasteiger partial charge on any atom is 0.153 e. The normalized spacial score (nSPS) is 29.6. The van der Waals surface area contributed by atoms with Crippen LogP contribution in [-0.4, -0.2) is 35.5 Å². The van der Waals surface area contributed by atoms with E-state index in [1.54, 1.807) is 12.1 Å². The summed E-state index contributed by atoms with van der Waals surface area (Å²) in [6.07, 6.45) is 0. The summed E-state index contributed by atoms with van der Waals surface area (Å²) < 4.78 is 24.1. The number of benzene rings is 1. The molecule has 0 bridgehead atoms. The number of thiocarbonyl (C=S) groups is 1. The van der Waals surface area contributed by atoms with Crippen molar-refractivity contribution in [3.05, 3.63) is 29.3 Å². The third-order valence-electron chi connectivity index (χ3n) is 3.16. The minimum atomic E-state index is -2.93. The maximum atomic E-state index is 11.7. The van der Waals surface area contributed by atoms with Crippen molar-refractivity contribution in [2.45, 2.75) is 11.3 Å². The van der Waals surface area contributed by atoms with Gasteiger partial charge in [0.05, 0.1) is 17.5 Å². The van der Waals surface area contributed by atoms with Crippen LogP contribution in [0.25, 0.3) is 0 Å². The van der Waals surface area contributed by atoms with Gasteiger partial charge in [-0.05, 0) is 24.3 Å². The molecule has 0 radical (unpaired) electrons. The molecule has 2 heterocycles. The predicted octanol–water partition coefficient (Wildman–Crippen LogP) is 2.34. The molecule has 18 heavy (non-hydrogen) atoms. The van der Waals surface area contributed by atoms with Gasteiger partial charge < -0.3 is 4.90 Å². The van der Waals surface area contributed by atoms with Crippen molar-refractivity contribution in [3.63, 3.8) is 0 Å². The molecular formula is C11H10ClNO2S3. The molecule has 1 aromatic carbocycles. The molecule has 2 aliphatic rings. The van der Waals surface area contributed by atoms with Gasteiger partial charge in [-0.3, -0.25) is 0 Å². The Morgan fingerprint density at radius 1 is 1.28 bits per heavy atom. The largest absolute Gasteiger partial charge is 0.322 e. The molecule has 2 aliphatic heterocycles. The average molecular weight is 320 g/mol. The van der Waals surface area contributed by atoms with Crippen LogP contribution in [0.4, 0.5) is 5.69 Å². The van der Waals surface area contributed by atoms with Gasteiger partial charge in [-0.1, -0.05) is 35.6 Å². The molecule has 7 heteroatoms. The SMILES string of the molecule is O=S1(=O)C[C@H]2SC(=S)N(c3ccc(Cl)cc3)[C@H]2C1. The zero-order chi connectivity index (χ0) is 12.9. The highest BCUT2D eigenvalue weighted by molar-refractivity contribution is 8.24. The lowest BCUT2D eigenvalue weighted by molar-refractivity contribution is 0.601. The standard InChI is InChI=1S/C11H10ClNO2S3/c12-7-1-3-8(4-2-7)13-9-5-18(14,15)6-10(9)17-11(13)16/h1-4,9-10H,5-6H2/t9-,10+/m0/s1. The molecule has 0 aromatic heterocycles. The second-order valence-electron chi connectivity index (χ2n) is 4.41. The van der Waals surface area contributed by atoms with Crippen molar-refractivity contribution in [1.29, 1.82) is 0 Å². The number of rotatable bonds is 1. The van der Waals surface area contributed by atoms with Gasteiger partial charge in [0.25, 0.3) is 0 Å². The number of sulfone groups is 1. The fourth-order valence-electron chi connectivity index (χ4n) is 2.37. The Kier molecular flexibility index (Phi) is 3.09. The Morgan fingerprint density at radius 2 is 1.94 bits per heavy atom. The molecule has 3 nitrogen and oxygen atoms in total. The van der Waals surface area contributed by atoms with Gasteiger partial charge in [-0.2, -0.15) is 0 Å². The van der Waals surface area contributed by atoms with Crippen molar-refractivity contribution in [1.82, 2.24) is 0 Å².